The van der Waals surface area contributed by atoms with Gasteiger partial charge in [-0.1, -0.05) is 32.4 Å². The van der Waals surface area contributed by atoms with E-state index in [1.54, 1.807) is 0 Å². The molecule has 0 aromatic rings. The lowest BCUT2D eigenvalue weighted by Gasteiger charge is -2.58. The van der Waals surface area contributed by atoms with Crippen LogP contribution in [0.3, 0.4) is 0 Å². The number of allylic oxidation sites excluding steroid dienone is 2. The molecule has 0 bridgehead atoms. The standard InChI is InChI=1S/C22H33FO4/c1-12-8-16-14-10-18(23)17-9-13(25)4-6-20(17,2)15(14)5-7-21(16,3)22(12,27)19(26)11-24/h5,12-14,16-18,24-25,27H,4,6-11H2,1-3H3/t12-,13+,14?,16?,17+,18+,20-,21+,22+/m1/s1. The maximum absolute atomic E-state index is 15.3. The van der Waals surface area contributed by atoms with Crippen LogP contribution in [0.2, 0.25) is 0 Å². The van der Waals surface area contributed by atoms with Gasteiger partial charge in [-0.15, -0.1) is 0 Å². The number of ketones is 1. The Hall–Kier alpha value is -0.780. The molecule has 3 fully saturated rings. The summed E-state index contributed by atoms with van der Waals surface area (Å²) in [6, 6.07) is 0. The molecular weight excluding hydrogens is 347 g/mol. The summed E-state index contributed by atoms with van der Waals surface area (Å²) < 4.78 is 15.3. The minimum Gasteiger partial charge on any atom is -0.393 e. The molecule has 27 heavy (non-hydrogen) atoms. The predicted molar refractivity (Wildman–Crippen MR) is 99.6 cm³/mol. The number of fused-ring (bicyclic) bond motifs is 5. The van der Waals surface area contributed by atoms with Gasteiger partial charge < -0.3 is 15.3 Å². The van der Waals surface area contributed by atoms with Gasteiger partial charge in [0, 0.05) is 11.3 Å². The van der Waals surface area contributed by atoms with Crippen molar-refractivity contribution in [2.75, 3.05) is 6.61 Å². The number of Topliss-reactive ketones (excluding diaryl/α,β-unsaturated/α-hetero) is 1. The van der Waals surface area contributed by atoms with Crippen LogP contribution in [0.5, 0.6) is 0 Å². The first-order valence-electron chi connectivity index (χ1n) is 10.5. The van der Waals surface area contributed by atoms with Gasteiger partial charge in [-0.2, -0.15) is 0 Å². The summed E-state index contributed by atoms with van der Waals surface area (Å²) >= 11 is 0. The Bertz CT molecular complexity index is 677. The molecule has 4 nitrogen and oxygen atoms in total. The van der Waals surface area contributed by atoms with E-state index in [0.717, 1.165) is 6.42 Å². The number of carbonyl (C=O) groups is 1. The Morgan fingerprint density at radius 3 is 2.63 bits per heavy atom. The van der Waals surface area contributed by atoms with Gasteiger partial charge in [-0.3, -0.25) is 4.79 Å². The Morgan fingerprint density at radius 1 is 1.26 bits per heavy atom. The Morgan fingerprint density at radius 2 is 1.96 bits per heavy atom. The molecule has 0 saturated heterocycles. The second-order valence-electron chi connectivity index (χ2n) is 10.2. The van der Waals surface area contributed by atoms with Gasteiger partial charge in [0.2, 0.25) is 0 Å². The van der Waals surface area contributed by atoms with Crippen LogP contribution >= 0.6 is 0 Å². The minimum atomic E-state index is -1.55. The monoisotopic (exact) mass is 380 g/mol. The summed E-state index contributed by atoms with van der Waals surface area (Å²) in [6.45, 7) is 5.33. The van der Waals surface area contributed by atoms with Crippen LogP contribution in [-0.4, -0.2) is 45.6 Å². The second kappa shape index (κ2) is 6.11. The largest absolute Gasteiger partial charge is 0.393 e. The van der Waals surface area contributed by atoms with E-state index in [2.05, 4.69) is 13.0 Å². The first kappa shape index (κ1) is 19.5. The van der Waals surface area contributed by atoms with Gasteiger partial charge in [0.05, 0.1) is 6.10 Å². The Kier molecular flexibility index (Phi) is 4.42. The highest BCUT2D eigenvalue weighted by molar-refractivity contribution is 5.90. The van der Waals surface area contributed by atoms with E-state index in [1.165, 1.54) is 5.57 Å². The third-order valence-corrected chi connectivity index (χ3v) is 9.13. The van der Waals surface area contributed by atoms with Gasteiger partial charge >= 0.3 is 0 Å². The van der Waals surface area contributed by atoms with Gasteiger partial charge in [0.15, 0.2) is 5.78 Å². The molecule has 0 radical (unpaired) electrons. The molecule has 0 amide bonds. The molecule has 0 spiro atoms. The molecule has 0 aromatic carbocycles. The number of aliphatic hydroxyl groups excluding tert-OH is 2. The van der Waals surface area contributed by atoms with Crippen molar-refractivity contribution in [1.29, 1.82) is 0 Å². The highest BCUT2D eigenvalue weighted by Crippen LogP contribution is 2.67. The molecule has 2 unspecified atom stereocenters. The van der Waals surface area contributed by atoms with Crippen LogP contribution in [0.4, 0.5) is 4.39 Å². The molecule has 4 rings (SSSR count). The minimum absolute atomic E-state index is 0.0261. The third-order valence-electron chi connectivity index (χ3n) is 9.13. The molecule has 4 aliphatic rings. The molecule has 9 atom stereocenters. The lowest BCUT2D eigenvalue weighted by atomic mass is 9.47. The quantitative estimate of drug-likeness (QED) is 0.644. The van der Waals surface area contributed by atoms with Crippen LogP contribution in [0.25, 0.3) is 0 Å². The number of alkyl halides is 1. The molecule has 0 aromatic heterocycles. The Labute approximate surface area is 160 Å². The van der Waals surface area contributed by atoms with E-state index < -0.39 is 35.7 Å². The number of rotatable bonds is 2. The first-order chi connectivity index (χ1) is 12.6. The molecule has 3 saturated carbocycles. The molecule has 3 N–H and O–H groups in total. The van der Waals surface area contributed by atoms with Crippen LogP contribution in [-0.2, 0) is 4.79 Å². The van der Waals surface area contributed by atoms with E-state index in [1.807, 2.05) is 13.8 Å². The van der Waals surface area contributed by atoms with Crippen molar-refractivity contribution >= 4 is 5.78 Å². The van der Waals surface area contributed by atoms with Crippen LogP contribution < -0.4 is 0 Å². The fourth-order valence-corrected chi connectivity index (χ4v) is 7.56. The lowest BCUT2D eigenvalue weighted by molar-refractivity contribution is -0.162. The van der Waals surface area contributed by atoms with E-state index in [9.17, 15) is 20.1 Å². The van der Waals surface area contributed by atoms with Crippen molar-refractivity contribution in [1.82, 2.24) is 0 Å². The average molecular weight is 381 g/mol. The van der Waals surface area contributed by atoms with Crippen LogP contribution in [0.15, 0.2) is 11.6 Å². The molecule has 152 valence electrons. The number of carbonyl (C=O) groups excluding carboxylic acids is 1. The van der Waals surface area contributed by atoms with Crippen molar-refractivity contribution in [3.8, 4) is 0 Å². The molecule has 0 aliphatic heterocycles. The van der Waals surface area contributed by atoms with Gasteiger partial charge in [-0.25, -0.2) is 4.39 Å². The van der Waals surface area contributed by atoms with Crippen molar-refractivity contribution in [3.63, 3.8) is 0 Å². The van der Waals surface area contributed by atoms with E-state index in [0.29, 0.717) is 32.1 Å². The van der Waals surface area contributed by atoms with Crippen molar-refractivity contribution < 1.29 is 24.5 Å². The van der Waals surface area contributed by atoms with Crippen molar-refractivity contribution in [3.05, 3.63) is 11.6 Å². The average Bonchev–Trinajstić information content (AvgIpc) is 2.84. The topological polar surface area (TPSA) is 77.8 Å². The summed E-state index contributed by atoms with van der Waals surface area (Å²) in [4.78, 5) is 12.5. The lowest BCUT2D eigenvalue weighted by Crippen LogP contribution is -2.59. The summed E-state index contributed by atoms with van der Waals surface area (Å²) in [5.74, 6) is -0.843. The fourth-order valence-electron chi connectivity index (χ4n) is 7.56. The van der Waals surface area contributed by atoms with Gasteiger partial charge in [-0.05, 0) is 61.7 Å². The maximum atomic E-state index is 15.3. The zero-order chi connectivity index (χ0) is 19.8. The fraction of sp³-hybridized carbons (Fsp3) is 0.864. The summed E-state index contributed by atoms with van der Waals surface area (Å²) in [5, 5.41) is 31.0. The number of hydrogen-bond acceptors (Lipinski definition) is 4. The number of halogens is 1. The molecule has 5 heteroatoms. The van der Waals surface area contributed by atoms with Crippen molar-refractivity contribution in [2.45, 2.75) is 77.2 Å². The van der Waals surface area contributed by atoms with E-state index >= 15 is 4.39 Å². The number of aliphatic hydroxyl groups is 3. The SMILES string of the molecule is C[C@@H]1CC2C3C[C@H](F)[C@@H]4C[C@@H](O)CC[C@]4(C)C3=CC[C@]2(C)[C@@]1(O)C(=O)CO. The van der Waals surface area contributed by atoms with Crippen molar-refractivity contribution in [2.24, 2.45) is 34.5 Å². The highest BCUT2D eigenvalue weighted by Gasteiger charge is 2.68. The molecule has 0 heterocycles. The summed E-state index contributed by atoms with van der Waals surface area (Å²) in [5.41, 5.74) is -1.17. The smallest absolute Gasteiger partial charge is 0.190 e. The maximum Gasteiger partial charge on any atom is 0.190 e. The molecule has 4 aliphatic carbocycles. The van der Waals surface area contributed by atoms with Crippen LogP contribution in [0.1, 0.15) is 59.3 Å². The van der Waals surface area contributed by atoms with Crippen LogP contribution in [0, 0.1) is 34.5 Å². The zero-order valence-electron chi connectivity index (χ0n) is 16.6. The third kappa shape index (κ3) is 2.34. The Balaban J connectivity index is 1.76. The second-order valence-corrected chi connectivity index (χ2v) is 10.2. The predicted octanol–water partition coefficient (Wildman–Crippen LogP) is 2.80. The highest BCUT2D eigenvalue weighted by atomic mass is 19.1. The molecular formula is C22H33FO4. The van der Waals surface area contributed by atoms with Gasteiger partial charge in [0.25, 0.3) is 0 Å². The summed E-state index contributed by atoms with van der Waals surface area (Å²) in [6.07, 6.45) is 4.48. The first-order valence-corrected chi connectivity index (χ1v) is 10.5. The van der Waals surface area contributed by atoms with E-state index in [4.69, 9.17) is 0 Å². The normalized spacial score (nSPS) is 54.6. The number of hydrogen-bond donors (Lipinski definition) is 3. The zero-order valence-corrected chi connectivity index (χ0v) is 16.6. The summed E-state index contributed by atoms with van der Waals surface area (Å²) in [7, 11) is 0. The van der Waals surface area contributed by atoms with E-state index in [-0.39, 0.29) is 29.1 Å². The van der Waals surface area contributed by atoms with Gasteiger partial charge in [0.1, 0.15) is 18.4 Å².